The Labute approximate surface area is 194 Å². The summed E-state index contributed by atoms with van der Waals surface area (Å²) in [6.07, 6.45) is 1.24. The molecule has 0 aliphatic carbocycles. The third kappa shape index (κ3) is 6.39. The maximum atomic E-state index is 14.0. The highest BCUT2D eigenvalue weighted by Gasteiger charge is 2.44. The number of carbonyl (C=O) groups excluding carboxylic acids is 1. The van der Waals surface area contributed by atoms with Gasteiger partial charge in [-0.1, -0.05) is 50.0 Å². The van der Waals surface area contributed by atoms with E-state index in [1.807, 2.05) is 19.9 Å². The maximum Gasteiger partial charge on any atom is 0.387 e. The Morgan fingerprint density at radius 2 is 1.79 bits per heavy atom. The number of rotatable bonds is 10. The van der Waals surface area contributed by atoms with Crippen molar-refractivity contribution in [2.75, 3.05) is 13.7 Å². The van der Waals surface area contributed by atoms with Crippen LogP contribution in [0.4, 0.5) is 8.78 Å². The van der Waals surface area contributed by atoms with Gasteiger partial charge in [0.1, 0.15) is 12.4 Å². The zero-order chi connectivity index (χ0) is 24.4. The Bertz CT molecular complexity index is 1020. The van der Waals surface area contributed by atoms with Gasteiger partial charge in [0.05, 0.1) is 5.84 Å². The molecule has 2 N–H and O–H groups in total. The van der Waals surface area contributed by atoms with E-state index >= 15 is 0 Å². The van der Waals surface area contributed by atoms with E-state index in [-0.39, 0.29) is 29.9 Å². The van der Waals surface area contributed by atoms with Crippen LogP contribution in [-0.2, 0) is 15.1 Å². The normalized spacial score (nSPS) is 13.4. The first-order valence-electron chi connectivity index (χ1n) is 10.8. The second-order valence-corrected chi connectivity index (χ2v) is 7.56. The first-order valence-corrected chi connectivity index (χ1v) is 10.8. The minimum atomic E-state index is -2.95. The van der Waals surface area contributed by atoms with Gasteiger partial charge in [0, 0.05) is 18.6 Å². The third-order valence-corrected chi connectivity index (χ3v) is 5.28. The highest BCUT2D eigenvalue weighted by Crippen LogP contribution is 2.40. The molecule has 176 valence electrons. The van der Waals surface area contributed by atoms with Crippen LogP contribution in [0.25, 0.3) is 0 Å². The molecule has 0 heterocycles. The fourth-order valence-corrected chi connectivity index (χ4v) is 3.76. The average Bonchev–Trinajstić information content (AvgIpc) is 2.78. The molecule has 0 amide bonds. The first-order chi connectivity index (χ1) is 15.8. The number of carbonyl (C=O) groups is 1. The standard InChI is InChI=1S/C26H30F2N2O3/c1-5-20(6-2)24(31)26(30-18(3)29,21-12-14-23(15-13-21)33-25(27)28)22-11-7-9-19(17-22)10-8-16-32-4/h7,9,11-15,17,20,25H,5-6,16H2,1-4H3,(H2,29,30). The summed E-state index contributed by atoms with van der Waals surface area (Å²) >= 11 is 0. The van der Waals surface area contributed by atoms with Crippen LogP contribution in [0.3, 0.4) is 0 Å². The van der Waals surface area contributed by atoms with Crippen molar-refractivity contribution in [3.8, 4) is 17.6 Å². The van der Waals surface area contributed by atoms with Crippen LogP contribution < -0.4 is 10.5 Å². The fourth-order valence-electron chi connectivity index (χ4n) is 3.76. The largest absolute Gasteiger partial charge is 0.435 e. The van der Waals surface area contributed by atoms with E-state index in [2.05, 4.69) is 21.6 Å². The molecule has 1 unspecified atom stereocenters. The number of amidine groups is 1. The molecule has 33 heavy (non-hydrogen) atoms. The van der Waals surface area contributed by atoms with Crippen molar-refractivity contribution in [2.45, 2.75) is 45.8 Å². The topological polar surface area (TPSA) is 73.9 Å². The number of hydrogen-bond acceptors (Lipinski definition) is 4. The quantitative estimate of drug-likeness (QED) is 0.313. The summed E-state index contributed by atoms with van der Waals surface area (Å²) in [5.41, 5.74) is 6.36. The Balaban J connectivity index is 2.79. The van der Waals surface area contributed by atoms with Crippen molar-refractivity contribution in [1.82, 2.24) is 0 Å². The third-order valence-electron chi connectivity index (χ3n) is 5.28. The molecule has 2 aromatic rings. The molecule has 0 spiro atoms. The molecule has 0 aliphatic rings. The molecule has 7 heteroatoms. The van der Waals surface area contributed by atoms with Gasteiger partial charge in [-0.15, -0.1) is 0 Å². The molecule has 0 aromatic heterocycles. The number of benzene rings is 2. The zero-order valence-corrected chi connectivity index (χ0v) is 19.4. The summed E-state index contributed by atoms with van der Waals surface area (Å²) in [6, 6.07) is 13.2. The van der Waals surface area contributed by atoms with E-state index in [9.17, 15) is 13.6 Å². The van der Waals surface area contributed by atoms with Crippen LogP contribution >= 0.6 is 0 Å². The summed E-state index contributed by atoms with van der Waals surface area (Å²) in [5, 5.41) is 0. The Hall–Kier alpha value is -3.24. The lowest BCUT2D eigenvalue weighted by atomic mass is 9.73. The van der Waals surface area contributed by atoms with Crippen LogP contribution in [0.15, 0.2) is 53.5 Å². The lowest BCUT2D eigenvalue weighted by Gasteiger charge is -2.33. The first kappa shape index (κ1) is 26.0. The summed E-state index contributed by atoms with van der Waals surface area (Å²) < 4.78 is 34.8. The Kier molecular flexibility index (Phi) is 9.56. The molecule has 2 rings (SSSR count). The predicted octanol–water partition coefficient (Wildman–Crippen LogP) is 4.91. The van der Waals surface area contributed by atoms with Crippen molar-refractivity contribution in [3.63, 3.8) is 0 Å². The average molecular weight is 457 g/mol. The van der Waals surface area contributed by atoms with E-state index < -0.39 is 12.2 Å². The van der Waals surface area contributed by atoms with Gasteiger partial charge in [-0.2, -0.15) is 8.78 Å². The minimum Gasteiger partial charge on any atom is -0.435 e. The van der Waals surface area contributed by atoms with Crippen LogP contribution in [0, 0.1) is 17.8 Å². The highest BCUT2D eigenvalue weighted by atomic mass is 19.3. The van der Waals surface area contributed by atoms with Crippen molar-refractivity contribution in [1.29, 1.82) is 0 Å². The molecule has 0 bridgehead atoms. The van der Waals surface area contributed by atoms with Gasteiger partial charge in [0.25, 0.3) is 0 Å². The minimum absolute atomic E-state index is 0.00901. The van der Waals surface area contributed by atoms with E-state index in [1.54, 1.807) is 44.4 Å². The smallest absolute Gasteiger partial charge is 0.387 e. The van der Waals surface area contributed by atoms with Gasteiger partial charge in [-0.3, -0.25) is 4.79 Å². The molecule has 0 aliphatic heterocycles. The van der Waals surface area contributed by atoms with Crippen LogP contribution in [0.2, 0.25) is 0 Å². The van der Waals surface area contributed by atoms with Gasteiger partial charge >= 0.3 is 6.61 Å². The molecule has 0 radical (unpaired) electrons. The van der Waals surface area contributed by atoms with Gasteiger partial charge in [-0.25, -0.2) is 4.99 Å². The van der Waals surface area contributed by atoms with E-state index in [1.165, 1.54) is 12.1 Å². The van der Waals surface area contributed by atoms with Gasteiger partial charge in [-0.05, 0) is 55.2 Å². The second-order valence-electron chi connectivity index (χ2n) is 7.56. The number of nitrogens with two attached hydrogens (primary N) is 1. The van der Waals surface area contributed by atoms with Crippen molar-refractivity contribution in [2.24, 2.45) is 16.6 Å². The number of alkyl halides is 2. The number of halogens is 2. The monoisotopic (exact) mass is 456 g/mol. The van der Waals surface area contributed by atoms with Gasteiger partial charge in [0.15, 0.2) is 11.3 Å². The van der Waals surface area contributed by atoms with E-state index in [4.69, 9.17) is 10.5 Å². The lowest BCUT2D eigenvalue weighted by molar-refractivity contribution is -0.127. The molecule has 0 saturated heterocycles. The van der Waals surface area contributed by atoms with Crippen molar-refractivity contribution >= 4 is 11.6 Å². The molecular weight excluding hydrogens is 426 g/mol. The van der Waals surface area contributed by atoms with E-state index in [0.29, 0.717) is 29.5 Å². The van der Waals surface area contributed by atoms with Crippen LogP contribution in [-0.4, -0.2) is 31.9 Å². The number of ketones is 1. The summed E-state index contributed by atoms with van der Waals surface area (Å²) in [6.45, 7) is 2.84. The maximum absolute atomic E-state index is 14.0. The van der Waals surface area contributed by atoms with Crippen molar-refractivity contribution in [3.05, 3.63) is 65.2 Å². The van der Waals surface area contributed by atoms with Crippen LogP contribution in [0.5, 0.6) is 5.75 Å². The number of ether oxygens (including phenoxy) is 2. The number of aliphatic imine (C=N–C) groups is 1. The summed E-state index contributed by atoms with van der Waals surface area (Å²) in [7, 11) is 1.56. The SMILES string of the molecule is CCC(CC)C(=O)C(N=C(C)N)(c1ccc(OC(F)F)cc1)c1cccc(C#CCOC)c1. The molecular formula is C26H30F2N2O3. The summed E-state index contributed by atoms with van der Waals surface area (Å²) in [4.78, 5) is 18.7. The second kappa shape index (κ2) is 12.1. The molecule has 1 atom stereocenters. The molecule has 0 saturated carbocycles. The zero-order valence-electron chi connectivity index (χ0n) is 19.4. The molecule has 5 nitrogen and oxygen atoms in total. The Morgan fingerprint density at radius 1 is 1.12 bits per heavy atom. The van der Waals surface area contributed by atoms with Crippen molar-refractivity contribution < 1.29 is 23.0 Å². The highest BCUT2D eigenvalue weighted by molar-refractivity contribution is 5.97. The van der Waals surface area contributed by atoms with E-state index in [0.717, 1.165) is 0 Å². The summed E-state index contributed by atoms with van der Waals surface area (Å²) in [5.74, 6) is 5.73. The number of Topliss-reactive ketones (excluding diaryl/α,β-unsaturated/α-hetero) is 1. The fraction of sp³-hybridized carbons (Fsp3) is 0.385. The lowest BCUT2D eigenvalue weighted by Crippen LogP contribution is -2.41. The Morgan fingerprint density at radius 3 is 2.33 bits per heavy atom. The number of nitrogens with zero attached hydrogens (tertiary/aromatic N) is 1. The molecule has 0 fully saturated rings. The van der Waals surface area contributed by atoms with Gasteiger partial charge in [0.2, 0.25) is 0 Å². The predicted molar refractivity (Wildman–Crippen MR) is 125 cm³/mol. The number of methoxy groups -OCH3 is 1. The molecule has 2 aromatic carbocycles. The van der Waals surface area contributed by atoms with Gasteiger partial charge < -0.3 is 15.2 Å². The number of hydrogen-bond donors (Lipinski definition) is 1. The van der Waals surface area contributed by atoms with Crippen LogP contribution in [0.1, 0.15) is 50.3 Å².